The number of benzene rings is 1. The minimum absolute atomic E-state index is 0.179. The molecule has 1 atom stereocenters. The number of carbonyl (C=O) groups is 1. The minimum atomic E-state index is -0.227. The van der Waals surface area contributed by atoms with Crippen LogP contribution in [0.1, 0.15) is 57.6 Å². The molecule has 0 radical (unpaired) electrons. The van der Waals surface area contributed by atoms with Crippen LogP contribution in [0.3, 0.4) is 0 Å². The second-order valence-electron chi connectivity index (χ2n) is 9.91. The number of hydrogen-bond donors (Lipinski definition) is 4. The van der Waals surface area contributed by atoms with Gasteiger partial charge in [-0.05, 0) is 56.4 Å². The fourth-order valence-electron chi connectivity index (χ4n) is 4.19. The highest BCUT2D eigenvalue weighted by molar-refractivity contribution is 5.98. The van der Waals surface area contributed by atoms with Crippen LogP contribution in [0, 0.1) is 0 Å². The zero-order chi connectivity index (χ0) is 24.3. The van der Waals surface area contributed by atoms with Crippen molar-refractivity contribution < 1.29 is 4.79 Å². The number of amides is 1. The maximum Gasteiger partial charge on any atom is 0.247 e. The van der Waals surface area contributed by atoms with Gasteiger partial charge in [-0.25, -0.2) is 4.98 Å². The summed E-state index contributed by atoms with van der Waals surface area (Å²) in [6.07, 6.45) is 5.37. The largest absolute Gasteiger partial charge is 0.366 e. The van der Waals surface area contributed by atoms with E-state index in [-0.39, 0.29) is 11.4 Å². The monoisotopic (exact) mass is 461 g/mol. The highest BCUT2D eigenvalue weighted by Crippen LogP contribution is 2.26. The smallest absolute Gasteiger partial charge is 0.247 e. The van der Waals surface area contributed by atoms with Crippen molar-refractivity contribution in [3.63, 3.8) is 0 Å². The second kappa shape index (κ2) is 9.85. The summed E-state index contributed by atoms with van der Waals surface area (Å²) in [5.41, 5.74) is 3.93. The normalized spacial score (nSPS) is 17.5. The van der Waals surface area contributed by atoms with Gasteiger partial charge in [0.1, 0.15) is 11.6 Å². The number of fused-ring (bicyclic) bond motifs is 1. The van der Waals surface area contributed by atoms with Crippen LogP contribution < -0.4 is 21.3 Å². The Labute approximate surface area is 201 Å². The zero-order valence-corrected chi connectivity index (χ0v) is 20.5. The molecule has 0 aliphatic carbocycles. The molecule has 4 N–H and O–H groups in total. The van der Waals surface area contributed by atoms with Gasteiger partial charge in [0.15, 0.2) is 5.65 Å². The van der Waals surface area contributed by atoms with E-state index >= 15 is 0 Å². The lowest BCUT2D eigenvalue weighted by Crippen LogP contribution is -2.50. The molecule has 180 valence electrons. The Kier molecular flexibility index (Phi) is 6.88. The maximum atomic E-state index is 11.6. The number of carbonyl (C=O) groups excluding carboxylic acids is 1. The number of rotatable bonds is 8. The Balaban J connectivity index is 1.57. The van der Waals surface area contributed by atoms with Gasteiger partial charge in [0.25, 0.3) is 0 Å². The molecule has 4 rings (SSSR count). The van der Waals surface area contributed by atoms with Gasteiger partial charge >= 0.3 is 0 Å². The Bertz CT molecular complexity index is 1170. The Morgan fingerprint density at radius 1 is 1.35 bits per heavy atom. The molecular formula is C26H35N7O. The van der Waals surface area contributed by atoms with Crippen LogP contribution in [0.2, 0.25) is 0 Å². The predicted octanol–water partition coefficient (Wildman–Crippen LogP) is 4.53. The van der Waals surface area contributed by atoms with Crippen LogP contribution in [0.25, 0.3) is 5.65 Å². The van der Waals surface area contributed by atoms with E-state index in [1.165, 1.54) is 6.08 Å². The number of nitrogens with zero attached hydrogens (tertiary/aromatic N) is 3. The van der Waals surface area contributed by atoms with Crippen molar-refractivity contribution >= 4 is 28.9 Å². The molecule has 8 heteroatoms. The molecule has 3 heterocycles. The first-order valence-corrected chi connectivity index (χ1v) is 11.9. The molecular weight excluding hydrogens is 426 g/mol. The van der Waals surface area contributed by atoms with Crippen molar-refractivity contribution in [1.29, 1.82) is 0 Å². The van der Waals surface area contributed by atoms with E-state index in [0.717, 1.165) is 53.5 Å². The summed E-state index contributed by atoms with van der Waals surface area (Å²) in [6, 6.07) is 10.1. The quantitative estimate of drug-likeness (QED) is 0.368. The molecule has 1 saturated heterocycles. The van der Waals surface area contributed by atoms with Crippen molar-refractivity contribution in [2.75, 3.05) is 22.5 Å². The SMILES string of the molecule is C=CC(=O)Nc1cccc(CNc2cc(N[C@H]3CCC(C)(C)NC3)nc3c(C(C)C)cnn23)c1. The molecule has 1 aliphatic rings. The average molecular weight is 462 g/mol. The lowest BCUT2D eigenvalue weighted by Gasteiger charge is -2.36. The van der Waals surface area contributed by atoms with E-state index in [1.54, 1.807) is 0 Å². The van der Waals surface area contributed by atoms with Crippen LogP contribution >= 0.6 is 0 Å². The molecule has 34 heavy (non-hydrogen) atoms. The van der Waals surface area contributed by atoms with E-state index in [2.05, 4.69) is 60.6 Å². The standard InChI is InChI=1S/C26H35N7O/c1-6-24(34)31-19-9-7-8-18(12-19)14-27-23-13-22(30-20-10-11-26(4,5)28-15-20)32-25-21(17(2)3)16-29-33(23)25/h6-9,12-13,16-17,20,27-28H,1,10-11,14-15H2,2-5H3,(H,30,32)(H,31,34)/t20-/m0/s1. The van der Waals surface area contributed by atoms with Crippen molar-refractivity contribution in [2.45, 2.75) is 64.6 Å². The van der Waals surface area contributed by atoms with Crippen LogP contribution in [0.4, 0.5) is 17.3 Å². The summed E-state index contributed by atoms with van der Waals surface area (Å²) in [4.78, 5) is 16.6. The van der Waals surface area contributed by atoms with Crippen molar-refractivity contribution in [2.24, 2.45) is 0 Å². The zero-order valence-electron chi connectivity index (χ0n) is 20.5. The fraction of sp³-hybridized carbons (Fsp3) is 0.423. The van der Waals surface area contributed by atoms with Crippen LogP contribution in [0.5, 0.6) is 0 Å². The molecule has 1 aromatic carbocycles. The first-order valence-electron chi connectivity index (χ1n) is 11.9. The number of nitrogens with one attached hydrogen (secondary N) is 4. The number of anilines is 3. The second-order valence-corrected chi connectivity index (χ2v) is 9.91. The van der Waals surface area contributed by atoms with E-state index in [1.807, 2.05) is 41.0 Å². The summed E-state index contributed by atoms with van der Waals surface area (Å²) in [5, 5.41) is 18.2. The summed E-state index contributed by atoms with van der Waals surface area (Å²) in [7, 11) is 0. The first-order chi connectivity index (χ1) is 16.2. The Morgan fingerprint density at radius 3 is 2.88 bits per heavy atom. The van der Waals surface area contributed by atoms with Gasteiger partial charge in [0.05, 0.1) is 6.20 Å². The van der Waals surface area contributed by atoms with E-state index in [4.69, 9.17) is 4.98 Å². The topological polar surface area (TPSA) is 95.4 Å². The number of piperidine rings is 1. The molecule has 0 unspecified atom stereocenters. The van der Waals surface area contributed by atoms with E-state index < -0.39 is 0 Å². The summed E-state index contributed by atoms with van der Waals surface area (Å²) < 4.78 is 1.87. The summed E-state index contributed by atoms with van der Waals surface area (Å²) >= 11 is 0. The van der Waals surface area contributed by atoms with Crippen molar-refractivity contribution in [1.82, 2.24) is 19.9 Å². The third-order valence-electron chi connectivity index (χ3n) is 6.27. The van der Waals surface area contributed by atoms with Gasteiger partial charge in [-0.3, -0.25) is 4.79 Å². The number of hydrogen-bond acceptors (Lipinski definition) is 6. The van der Waals surface area contributed by atoms with Gasteiger partial charge in [0.2, 0.25) is 5.91 Å². The third kappa shape index (κ3) is 5.56. The summed E-state index contributed by atoms with van der Waals surface area (Å²) in [6.45, 7) is 13.8. The van der Waals surface area contributed by atoms with Crippen molar-refractivity contribution in [3.8, 4) is 0 Å². The maximum absolute atomic E-state index is 11.6. The first kappa shape index (κ1) is 23.8. The molecule has 0 bridgehead atoms. The van der Waals surface area contributed by atoms with Crippen LogP contribution in [-0.2, 0) is 11.3 Å². The number of aromatic nitrogens is 3. The molecule has 0 spiro atoms. The molecule has 1 fully saturated rings. The van der Waals surface area contributed by atoms with Gasteiger partial charge in [-0.1, -0.05) is 32.6 Å². The predicted molar refractivity (Wildman–Crippen MR) is 138 cm³/mol. The molecule has 0 saturated carbocycles. The average Bonchev–Trinajstić information content (AvgIpc) is 3.23. The van der Waals surface area contributed by atoms with Gasteiger partial charge in [-0.2, -0.15) is 9.61 Å². The van der Waals surface area contributed by atoms with Gasteiger partial charge in [0, 0.05) is 42.0 Å². The third-order valence-corrected chi connectivity index (χ3v) is 6.27. The minimum Gasteiger partial charge on any atom is -0.366 e. The Hall–Kier alpha value is -3.39. The summed E-state index contributed by atoms with van der Waals surface area (Å²) in [5.74, 6) is 1.80. The van der Waals surface area contributed by atoms with E-state index in [0.29, 0.717) is 18.5 Å². The fourth-order valence-corrected chi connectivity index (χ4v) is 4.19. The molecule has 8 nitrogen and oxygen atoms in total. The lowest BCUT2D eigenvalue weighted by atomic mass is 9.91. The van der Waals surface area contributed by atoms with E-state index in [9.17, 15) is 4.79 Å². The Morgan fingerprint density at radius 2 is 2.18 bits per heavy atom. The molecule has 2 aromatic heterocycles. The van der Waals surface area contributed by atoms with Crippen LogP contribution in [-0.4, -0.2) is 38.6 Å². The molecule has 1 amide bonds. The van der Waals surface area contributed by atoms with Crippen molar-refractivity contribution in [3.05, 3.63) is 60.3 Å². The highest BCUT2D eigenvalue weighted by atomic mass is 16.1. The van der Waals surface area contributed by atoms with Gasteiger partial charge in [-0.15, -0.1) is 0 Å². The van der Waals surface area contributed by atoms with Crippen LogP contribution in [0.15, 0.2) is 49.2 Å². The molecule has 1 aliphatic heterocycles. The highest BCUT2D eigenvalue weighted by Gasteiger charge is 2.26. The molecule has 3 aromatic rings. The lowest BCUT2D eigenvalue weighted by molar-refractivity contribution is -0.111. The van der Waals surface area contributed by atoms with Gasteiger partial charge < -0.3 is 21.3 Å².